The van der Waals surface area contributed by atoms with Gasteiger partial charge in [-0.25, -0.2) is 0 Å². The summed E-state index contributed by atoms with van der Waals surface area (Å²) < 4.78 is 6.64. The zero-order valence-corrected chi connectivity index (χ0v) is 13.6. The maximum atomic E-state index is 12.3. The fourth-order valence-electron chi connectivity index (χ4n) is 2.08. The summed E-state index contributed by atoms with van der Waals surface area (Å²) in [5.74, 6) is 1.34. The quantitative estimate of drug-likeness (QED) is 0.799. The van der Waals surface area contributed by atoms with Crippen LogP contribution in [0.3, 0.4) is 0 Å². The molecule has 19 heavy (non-hydrogen) atoms. The molecule has 2 rings (SSSR count). The number of hydrogen-bond donors (Lipinski definition) is 1. The van der Waals surface area contributed by atoms with Crippen LogP contribution in [0.5, 0.6) is 0 Å². The number of furan rings is 1. The first kappa shape index (κ1) is 14.1. The summed E-state index contributed by atoms with van der Waals surface area (Å²) >= 11 is 2.25. The fourth-order valence-corrected chi connectivity index (χ4v) is 2.73. The summed E-state index contributed by atoms with van der Waals surface area (Å²) in [7, 11) is 0. The average molecular weight is 369 g/mol. The monoisotopic (exact) mass is 369 g/mol. The third-order valence-corrected chi connectivity index (χ3v) is 3.90. The molecule has 0 aliphatic heterocycles. The van der Waals surface area contributed by atoms with Crippen LogP contribution >= 0.6 is 22.6 Å². The van der Waals surface area contributed by atoms with Crippen LogP contribution in [0.4, 0.5) is 5.69 Å². The van der Waals surface area contributed by atoms with Crippen LogP contribution in [0.2, 0.25) is 0 Å². The number of halogens is 1. The number of amides is 1. The predicted molar refractivity (Wildman–Crippen MR) is 84.8 cm³/mol. The van der Waals surface area contributed by atoms with E-state index in [9.17, 15) is 4.79 Å². The Hall–Kier alpha value is -1.30. The van der Waals surface area contributed by atoms with Crippen molar-refractivity contribution in [1.29, 1.82) is 0 Å². The van der Waals surface area contributed by atoms with Gasteiger partial charge >= 0.3 is 0 Å². The van der Waals surface area contributed by atoms with E-state index in [1.165, 1.54) is 0 Å². The Kier molecular flexibility index (Phi) is 3.99. The van der Waals surface area contributed by atoms with E-state index in [2.05, 4.69) is 27.9 Å². The van der Waals surface area contributed by atoms with Crippen molar-refractivity contribution in [3.05, 3.63) is 50.0 Å². The molecule has 0 spiro atoms. The highest BCUT2D eigenvalue weighted by molar-refractivity contribution is 14.1. The molecule has 3 nitrogen and oxygen atoms in total. The minimum Gasteiger partial charge on any atom is -0.466 e. The Labute approximate surface area is 126 Å². The van der Waals surface area contributed by atoms with Crippen molar-refractivity contribution in [2.24, 2.45) is 0 Å². The Morgan fingerprint density at radius 2 is 1.84 bits per heavy atom. The number of rotatable bonds is 2. The molecule has 0 aliphatic carbocycles. The SMILES string of the molecule is Cc1cc(I)ccc1NC(=O)c1c(C)oc(C)c1C. The largest absolute Gasteiger partial charge is 0.466 e. The molecule has 4 heteroatoms. The average Bonchev–Trinajstić information content (AvgIpc) is 2.57. The molecule has 0 aliphatic rings. The van der Waals surface area contributed by atoms with Gasteiger partial charge in [0.25, 0.3) is 5.91 Å². The number of benzene rings is 1. The normalized spacial score (nSPS) is 10.6. The first-order chi connectivity index (χ1) is 8.90. The lowest BCUT2D eigenvalue weighted by Gasteiger charge is -2.09. The van der Waals surface area contributed by atoms with Crippen LogP contribution < -0.4 is 5.32 Å². The van der Waals surface area contributed by atoms with Gasteiger partial charge in [-0.05, 0) is 74.0 Å². The highest BCUT2D eigenvalue weighted by atomic mass is 127. The van der Waals surface area contributed by atoms with Crippen LogP contribution in [-0.2, 0) is 0 Å². The second-order valence-electron chi connectivity index (χ2n) is 4.63. The summed E-state index contributed by atoms with van der Waals surface area (Å²) in [6, 6.07) is 5.94. The zero-order valence-electron chi connectivity index (χ0n) is 11.4. The second kappa shape index (κ2) is 5.36. The van der Waals surface area contributed by atoms with Gasteiger partial charge in [0.1, 0.15) is 11.5 Å². The minimum absolute atomic E-state index is 0.115. The highest BCUT2D eigenvalue weighted by Gasteiger charge is 2.18. The number of anilines is 1. The van der Waals surface area contributed by atoms with Crippen molar-refractivity contribution in [2.75, 3.05) is 5.32 Å². The van der Waals surface area contributed by atoms with Crippen molar-refractivity contribution in [1.82, 2.24) is 0 Å². The first-order valence-corrected chi connectivity index (χ1v) is 7.12. The molecule has 0 atom stereocenters. The molecule has 0 saturated carbocycles. The van der Waals surface area contributed by atoms with E-state index < -0.39 is 0 Å². The fraction of sp³-hybridized carbons (Fsp3) is 0.267. The lowest BCUT2D eigenvalue weighted by atomic mass is 10.1. The van der Waals surface area contributed by atoms with Gasteiger partial charge in [0.15, 0.2) is 0 Å². The van der Waals surface area contributed by atoms with E-state index in [0.717, 1.165) is 26.1 Å². The summed E-state index contributed by atoms with van der Waals surface area (Å²) in [5, 5.41) is 2.95. The maximum Gasteiger partial charge on any atom is 0.259 e. The van der Waals surface area contributed by atoms with Crippen LogP contribution in [0, 0.1) is 31.3 Å². The Bertz CT molecular complexity index is 644. The van der Waals surface area contributed by atoms with E-state index in [0.29, 0.717) is 11.3 Å². The number of carbonyl (C=O) groups is 1. The zero-order chi connectivity index (χ0) is 14.2. The smallest absolute Gasteiger partial charge is 0.259 e. The van der Waals surface area contributed by atoms with E-state index in [4.69, 9.17) is 4.42 Å². The van der Waals surface area contributed by atoms with E-state index in [1.807, 2.05) is 45.9 Å². The molecular formula is C15H16INO2. The summed E-state index contributed by atoms with van der Waals surface area (Å²) in [5.41, 5.74) is 3.42. The maximum absolute atomic E-state index is 12.3. The number of aryl methyl sites for hydroxylation is 3. The summed E-state index contributed by atoms with van der Waals surface area (Å²) in [4.78, 5) is 12.3. The standard InChI is InChI=1S/C15H16INO2/c1-8-7-12(16)5-6-13(8)17-15(18)14-9(2)10(3)19-11(14)4/h5-7H,1-4H3,(H,17,18). The first-order valence-electron chi connectivity index (χ1n) is 6.04. The molecule has 0 fully saturated rings. The molecule has 0 bridgehead atoms. The summed E-state index contributed by atoms with van der Waals surface area (Å²) in [6.45, 7) is 7.57. The molecule has 2 aromatic rings. The molecular weight excluding hydrogens is 353 g/mol. The molecule has 1 amide bonds. The van der Waals surface area contributed by atoms with E-state index in [-0.39, 0.29) is 5.91 Å². The Morgan fingerprint density at radius 3 is 2.37 bits per heavy atom. The van der Waals surface area contributed by atoms with Crippen molar-refractivity contribution < 1.29 is 9.21 Å². The molecule has 0 unspecified atom stereocenters. The third-order valence-electron chi connectivity index (χ3n) is 3.23. The van der Waals surface area contributed by atoms with Gasteiger partial charge in [0.2, 0.25) is 0 Å². The van der Waals surface area contributed by atoms with Gasteiger partial charge in [-0.2, -0.15) is 0 Å². The molecule has 1 aromatic carbocycles. The molecule has 1 heterocycles. The topological polar surface area (TPSA) is 42.2 Å². The third kappa shape index (κ3) is 2.83. The molecule has 0 radical (unpaired) electrons. The Balaban J connectivity index is 2.31. The summed E-state index contributed by atoms with van der Waals surface area (Å²) in [6.07, 6.45) is 0. The lowest BCUT2D eigenvalue weighted by Crippen LogP contribution is -2.14. The van der Waals surface area contributed by atoms with Crippen molar-refractivity contribution in [3.63, 3.8) is 0 Å². The van der Waals surface area contributed by atoms with Crippen molar-refractivity contribution >= 4 is 34.2 Å². The molecule has 1 N–H and O–H groups in total. The van der Waals surface area contributed by atoms with Gasteiger partial charge in [-0.1, -0.05) is 0 Å². The number of nitrogens with one attached hydrogen (secondary N) is 1. The highest BCUT2D eigenvalue weighted by Crippen LogP contribution is 2.23. The molecule has 1 aromatic heterocycles. The van der Waals surface area contributed by atoms with Gasteiger partial charge in [0.05, 0.1) is 5.56 Å². The minimum atomic E-state index is -0.115. The van der Waals surface area contributed by atoms with E-state index in [1.54, 1.807) is 0 Å². The number of carbonyl (C=O) groups excluding carboxylic acids is 1. The van der Waals surface area contributed by atoms with Gasteiger partial charge < -0.3 is 9.73 Å². The second-order valence-corrected chi connectivity index (χ2v) is 5.87. The molecule has 100 valence electrons. The Morgan fingerprint density at radius 1 is 1.16 bits per heavy atom. The van der Waals surface area contributed by atoms with Crippen molar-refractivity contribution in [2.45, 2.75) is 27.7 Å². The predicted octanol–water partition coefficient (Wildman–Crippen LogP) is 4.37. The molecule has 0 saturated heterocycles. The van der Waals surface area contributed by atoms with Gasteiger partial charge in [-0.3, -0.25) is 4.79 Å². The van der Waals surface area contributed by atoms with Crippen molar-refractivity contribution in [3.8, 4) is 0 Å². The number of hydrogen-bond acceptors (Lipinski definition) is 2. The lowest BCUT2D eigenvalue weighted by molar-refractivity contribution is 0.102. The van der Waals surface area contributed by atoms with Crippen LogP contribution in [0.1, 0.15) is 33.0 Å². The van der Waals surface area contributed by atoms with E-state index >= 15 is 0 Å². The van der Waals surface area contributed by atoms with Crippen LogP contribution in [0.25, 0.3) is 0 Å². The van der Waals surface area contributed by atoms with Gasteiger partial charge in [0, 0.05) is 14.8 Å². The van der Waals surface area contributed by atoms with Crippen LogP contribution in [-0.4, -0.2) is 5.91 Å². The van der Waals surface area contributed by atoms with Crippen LogP contribution in [0.15, 0.2) is 22.6 Å². The van der Waals surface area contributed by atoms with Gasteiger partial charge in [-0.15, -0.1) is 0 Å².